The molecule has 0 amide bonds. The van der Waals surface area contributed by atoms with Gasteiger partial charge in [-0.1, -0.05) is 40.7 Å². The van der Waals surface area contributed by atoms with Gasteiger partial charge in [0.05, 0.1) is 18.9 Å². The molecule has 0 aliphatic heterocycles. The molecule has 7 nitrogen and oxygen atoms in total. The van der Waals surface area contributed by atoms with Crippen molar-refractivity contribution in [2.75, 3.05) is 13.7 Å². The molecule has 0 fully saturated rings. The molecule has 8 heteroatoms. The van der Waals surface area contributed by atoms with Crippen LogP contribution in [-0.4, -0.2) is 38.6 Å². The number of hydrogen-bond donors (Lipinski definition) is 0. The maximum atomic E-state index is 5.22. The molecule has 0 saturated heterocycles. The lowest BCUT2D eigenvalue weighted by Crippen LogP contribution is -2.07. The highest BCUT2D eigenvalue weighted by Crippen LogP contribution is 2.26. The van der Waals surface area contributed by atoms with Crippen molar-refractivity contribution in [3.8, 4) is 11.4 Å². The predicted octanol–water partition coefficient (Wildman–Crippen LogP) is 2.88. The molecule has 0 spiro atoms. The maximum absolute atomic E-state index is 5.22. The Hall–Kier alpha value is -2.19. The highest BCUT2D eigenvalue weighted by atomic mass is 32.2. The van der Waals surface area contributed by atoms with Crippen molar-refractivity contribution in [2.45, 2.75) is 31.3 Å². The lowest BCUT2D eigenvalue weighted by molar-refractivity contribution is 0.185. The monoisotopic (exact) mass is 345 g/mol. The second kappa shape index (κ2) is 7.59. The smallest absolute Gasteiger partial charge is 0.237 e. The fourth-order valence-corrected chi connectivity index (χ4v) is 3.10. The second-order valence-electron chi connectivity index (χ2n) is 5.34. The van der Waals surface area contributed by atoms with E-state index >= 15 is 0 Å². The van der Waals surface area contributed by atoms with Gasteiger partial charge in [-0.3, -0.25) is 4.57 Å². The average Bonchev–Trinajstić information content (AvgIpc) is 3.17. The van der Waals surface area contributed by atoms with Crippen LogP contribution in [0.1, 0.15) is 17.3 Å². The number of thioether (sulfide) groups is 1. The average molecular weight is 345 g/mol. The van der Waals surface area contributed by atoms with Crippen molar-refractivity contribution in [3.63, 3.8) is 0 Å². The number of hydrogen-bond acceptors (Lipinski definition) is 7. The normalized spacial score (nSPS) is 11.1. The highest BCUT2D eigenvalue weighted by Gasteiger charge is 2.15. The van der Waals surface area contributed by atoms with Gasteiger partial charge in [-0.05, 0) is 19.9 Å². The summed E-state index contributed by atoms with van der Waals surface area (Å²) in [4.78, 5) is 4.21. The zero-order valence-electron chi connectivity index (χ0n) is 13.9. The van der Waals surface area contributed by atoms with E-state index in [2.05, 4.69) is 44.0 Å². The Bertz CT molecular complexity index is 814. The molecule has 126 valence electrons. The number of methoxy groups -OCH3 is 1. The Morgan fingerprint density at radius 3 is 2.83 bits per heavy atom. The maximum Gasteiger partial charge on any atom is 0.237 e. The molecule has 0 atom stereocenters. The molecule has 1 aromatic carbocycles. The van der Waals surface area contributed by atoms with Crippen LogP contribution in [-0.2, 0) is 17.0 Å². The Morgan fingerprint density at radius 2 is 2.12 bits per heavy atom. The van der Waals surface area contributed by atoms with E-state index in [1.54, 1.807) is 14.0 Å². The van der Waals surface area contributed by atoms with Crippen molar-refractivity contribution in [2.24, 2.45) is 0 Å². The molecule has 3 rings (SSSR count). The number of aryl methyl sites for hydroxylation is 2. The molecule has 0 saturated carbocycles. The van der Waals surface area contributed by atoms with E-state index < -0.39 is 0 Å². The minimum atomic E-state index is 0.555. The molecular formula is C16H19N5O2S. The van der Waals surface area contributed by atoms with Crippen molar-refractivity contribution in [3.05, 3.63) is 41.5 Å². The predicted molar refractivity (Wildman–Crippen MR) is 90.7 cm³/mol. The van der Waals surface area contributed by atoms with Crippen molar-refractivity contribution >= 4 is 11.8 Å². The van der Waals surface area contributed by atoms with E-state index in [0.717, 1.165) is 16.5 Å². The Morgan fingerprint density at radius 1 is 1.25 bits per heavy atom. The van der Waals surface area contributed by atoms with E-state index in [9.17, 15) is 0 Å². The molecule has 2 aromatic heterocycles. The van der Waals surface area contributed by atoms with Gasteiger partial charge >= 0.3 is 0 Å². The quantitative estimate of drug-likeness (QED) is 0.609. The molecule has 0 bridgehead atoms. The van der Waals surface area contributed by atoms with Crippen LogP contribution in [0, 0.1) is 13.8 Å². The summed E-state index contributed by atoms with van der Waals surface area (Å²) >= 11 is 1.52. The third-order valence-electron chi connectivity index (χ3n) is 3.41. The van der Waals surface area contributed by atoms with Gasteiger partial charge in [0.25, 0.3) is 0 Å². The molecular weight excluding hydrogens is 326 g/mol. The summed E-state index contributed by atoms with van der Waals surface area (Å²) in [5.74, 6) is 2.60. The first-order chi connectivity index (χ1) is 11.7. The Kier molecular flexibility index (Phi) is 5.27. The van der Waals surface area contributed by atoms with E-state index in [1.807, 2.05) is 12.1 Å². The molecule has 0 aliphatic carbocycles. The van der Waals surface area contributed by atoms with Gasteiger partial charge in [0.15, 0.2) is 16.8 Å². The highest BCUT2D eigenvalue weighted by molar-refractivity contribution is 7.98. The van der Waals surface area contributed by atoms with Crippen molar-refractivity contribution in [1.82, 2.24) is 24.9 Å². The topological polar surface area (TPSA) is 78.9 Å². The summed E-state index contributed by atoms with van der Waals surface area (Å²) in [7, 11) is 1.69. The van der Waals surface area contributed by atoms with Crippen LogP contribution in [0.15, 0.2) is 33.9 Å². The largest absolute Gasteiger partial charge is 0.383 e. The van der Waals surface area contributed by atoms with E-state index in [-0.39, 0.29) is 0 Å². The number of benzene rings is 1. The Balaban J connectivity index is 1.85. The van der Waals surface area contributed by atoms with Crippen molar-refractivity contribution in [1.29, 1.82) is 0 Å². The van der Waals surface area contributed by atoms with E-state index in [4.69, 9.17) is 9.26 Å². The lowest BCUT2D eigenvalue weighted by atomic mass is 10.1. The molecule has 0 aliphatic rings. The van der Waals surface area contributed by atoms with Crippen LogP contribution in [0.25, 0.3) is 11.4 Å². The van der Waals surface area contributed by atoms with Crippen LogP contribution >= 0.6 is 11.8 Å². The summed E-state index contributed by atoms with van der Waals surface area (Å²) in [6.07, 6.45) is 0. The first-order valence-corrected chi connectivity index (χ1v) is 8.57. The van der Waals surface area contributed by atoms with Gasteiger partial charge in [-0.15, -0.1) is 10.2 Å². The van der Waals surface area contributed by atoms with Crippen LogP contribution < -0.4 is 0 Å². The van der Waals surface area contributed by atoms with Gasteiger partial charge in [0, 0.05) is 12.7 Å². The second-order valence-corrected chi connectivity index (χ2v) is 6.29. The fraction of sp³-hybridized carbons (Fsp3) is 0.375. The van der Waals surface area contributed by atoms with Crippen LogP contribution in [0.3, 0.4) is 0 Å². The van der Waals surface area contributed by atoms with Gasteiger partial charge in [-0.25, -0.2) is 0 Å². The fourth-order valence-electron chi connectivity index (χ4n) is 2.30. The number of rotatable bonds is 7. The molecule has 24 heavy (non-hydrogen) atoms. The Labute approximate surface area is 144 Å². The standard InChI is InChI=1S/C16H19N5O2S/c1-11-5-4-6-13(9-11)15-18-19-16(21(15)7-8-22-3)24-10-14-17-12(2)20-23-14/h4-6,9H,7-8,10H2,1-3H3. The molecule has 0 N–H and O–H groups in total. The molecule has 2 heterocycles. The van der Waals surface area contributed by atoms with E-state index in [0.29, 0.717) is 30.6 Å². The number of ether oxygens (including phenoxy) is 1. The van der Waals surface area contributed by atoms with Crippen LogP contribution in [0.4, 0.5) is 0 Å². The zero-order chi connectivity index (χ0) is 16.9. The number of aromatic nitrogens is 5. The van der Waals surface area contributed by atoms with Crippen LogP contribution in [0.5, 0.6) is 0 Å². The first-order valence-electron chi connectivity index (χ1n) is 7.58. The van der Waals surface area contributed by atoms with Gasteiger partial charge in [0.2, 0.25) is 5.89 Å². The van der Waals surface area contributed by atoms with Gasteiger partial charge in [0.1, 0.15) is 0 Å². The van der Waals surface area contributed by atoms with Crippen molar-refractivity contribution < 1.29 is 9.26 Å². The minimum Gasteiger partial charge on any atom is -0.383 e. The third-order valence-corrected chi connectivity index (χ3v) is 4.36. The molecule has 3 aromatic rings. The zero-order valence-corrected chi connectivity index (χ0v) is 14.7. The minimum absolute atomic E-state index is 0.555. The van der Waals surface area contributed by atoms with Gasteiger partial charge < -0.3 is 9.26 Å². The third kappa shape index (κ3) is 3.82. The summed E-state index contributed by atoms with van der Waals surface area (Å²) < 4.78 is 12.4. The summed E-state index contributed by atoms with van der Waals surface area (Å²) in [6, 6.07) is 8.22. The first kappa shape index (κ1) is 16.7. The van der Waals surface area contributed by atoms with E-state index in [1.165, 1.54) is 17.3 Å². The summed E-state index contributed by atoms with van der Waals surface area (Å²) in [5.41, 5.74) is 2.23. The van der Waals surface area contributed by atoms with Gasteiger partial charge in [-0.2, -0.15) is 4.98 Å². The molecule has 0 radical (unpaired) electrons. The summed E-state index contributed by atoms with van der Waals surface area (Å²) in [5, 5.41) is 13.3. The lowest BCUT2D eigenvalue weighted by Gasteiger charge is -2.09. The van der Waals surface area contributed by atoms with Crippen LogP contribution in [0.2, 0.25) is 0 Å². The summed E-state index contributed by atoms with van der Waals surface area (Å²) in [6.45, 7) is 5.13. The SMILES string of the molecule is COCCn1c(SCc2nc(C)no2)nnc1-c1cccc(C)c1. The molecule has 0 unspecified atom stereocenters. The number of nitrogens with zero attached hydrogens (tertiary/aromatic N) is 5.